The van der Waals surface area contributed by atoms with E-state index in [1.807, 2.05) is 0 Å². The number of anilines is 1. The molecule has 6 heteroatoms. The summed E-state index contributed by atoms with van der Waals surface area (Å²) in [4.78, 5) is 0. The molecule has 0 spiro atoms. The maximum Gasteiger partial charge on any atom is 0.387 e. The van der Waals surface area contributed by atoms with Crippen LogP contribution in [0.5, 0.6) is 5.75 Å². The minimum Gasteiger partial charge on any atom is -0.431 e. The molecule has 0 heterocycles. The van der Waals surface area contributed by atoms with E-state index in [2.05, 4.69) is 36.6 Å². The highest BCUT2D eigenvalue weighted by Crippen LogP contribution is 2.37. The van der Waals surface area contributed by atoms with Crippen molar-refractivity contribution in [1.29, 1.82) is 0 Å². The van der Waals surface area contributed by atoms with E-state index in [9.17, 15) is 8.78 Å². The fourth-order valence-corrected chi connectivity index (χ4v) is 1.52. The Hall–Kier alpha value is -0.360. The van der Waals surface area contributed by atoms with Crippen LogP contribution in [0, 0.1) is 0 Å². The first-order valence-corrected chi connectivity index (χ1v) is 4.79. The Morgan fingerprint density at radius 2 is 1.92 bits per heavy atom. The lowest BCUT2D eigenvalue weighted by atomic mass is 10.3. The molecule has 2 N–H and O–H groups in total. The average molecular weight is 317 g/mol. The smallest absolute Gasteiger partial charge is 0.387 e. The largest absolute Gasteiger partial charge is 0.431 e. The van der Waals surface area contributed by atoms with Gasteiger partial charge in [-0.1, -0.05) is 0 Å². The van der Waals surface area contributed by atoms with Crippen LogP contribution in [0.4, 0.5) is 14.5 Å². The van der Waals surface area contributed by atoms with Gasteiger partial charge >= 0.3 is 6.61 Å². The molecule has 0 aromatic heterocycles. The Morgan fingerprint density at radius 1 is 1.31 bits per heavy atom. The predicted octanol–water partition coefficient (Wildman–Crippen LogP) is 3.40. The third kappa shape index (κ3) is 2.54. The molecule has 1 aromatic carbocycles. The molecule has 0 amide bonds. The van der Waals surface area contributed by atoms with Gasteiger partial charge in [-0.25, -0.2) is 0 Å². The van der Waals surface area contributed by atoms with Gasteiger partial charge in [0.1, 0.15) is 0 Å². The summed E-state index contributed by atoms with van der Waals surface area (Å²) in [5.74, 6) is -0.0515. The topological polar surface area (TPSA) is 35.2 Å². The van der Waals surface area contributed by atoms with Crippen LogP contribution >= 0.6 is 31.9 Å². The summed E-state index contributed by atoms with van der Waals surface area (Å²) in [6, 6.07) is 3.12. The third-order valence-corrected chi connectivity index (χ3v) is 3.27. The molecule has 0 unspecified atom stereocenters. The lowest BCUT2D eigenvalue weighted by Gasteiger charge is -2.10. The van der Waals surface area contributed by atoms with Crippen LogP contribution in [-0.4, -0.2) is 6.61 Å². The van der Waals surface area contributed by atoms with Gasteiger partial charge < -0.3 is 10.5 Å². The first kappa shape index (κ1) is 10.7. The fraction of sp³-hybridized carbons (Fsp3) is 0.143. The average Bonchev–Trinajstić information content (AvgIpc) is 2.05. The highest BCUT2D eigenvalue weighted by atomic mass is 79.9. The van der Waals surface area contributed by atoms with Crippen LogP contribution < -0.4 is 10.5 Å². The van der Waals surface area contributed by atoms with Crippen molar-refractivity contribution >= 4 is 37.5 Å². The highest BCUT2D eigenvalue weighted by Gasteiger charge is 2.13. The van der Waals surface area contributed by atoms with Crippen molar-refractivity contribution in [2.75, 3.05) is 5.73 Å². The third-order valence-electron chi connectivity index (χ3n) is 1.29. The van der Waals surface area contributed by atoms with Crippen molar-refractivity contribution in [2.24, 2.45) is 0 Å². The van der Waals surface area contributed by atoms with E-state index in [0.717, 1.165) is 0 Å². The van der Waals surface area contributed by atoms with Gasteiger partial charge in [0.05, 0.1) is 10.2 Å². The zero-order valence-electron chi connectivity index (χ0n) is 6.23. The van der Waals surface area contributed by atoms with Crippen LogP contribution in [0.2, 0.25) is 0 Å². The number of rotatable bonds is 2. The number of alkyl halides is 2. The summed E-state index contributed by atoms with van der Waals surface area (Å²) < 4.78 is 29.0. The molecule has 0 bridgehead atoms. The molecule has 2 nitrogen and oxygen atoms in total. The number of halogens is 4. The zero-order valence-corrected chi connectivity index (χ0v) is 9.40. The number of benzene rings is 1. The van der Waals surface area contributed by atoms with Gasteiger partial charge in [-0.15, -0.1) is 0 Å². The maximum atomic E-state index is 11.9. The first-order chi connectivity index (χ1) is 6.02. The number of hydrogen-bond donors (Lipinski definition) is 1. The van der Waals surface area contributed by atoms with Gasteiger partial charge in [-0.05, 0) is 44.0 Å². The predicted molar refractivity (Wildman–Crippen MR) is 52.9 cm³/mol. The molecule has 1 aromatic rings. The summed E-state index contributed by atoms with van der Waals surface area (Å²) in [7, 11) is 0. The van der Waals surface area contributed by atoms with Crippen molar-refractivity contribution in [3.05, 3.63) is 21.1 Å². The Labute approximate surface area is 90.3 Å². The Kier molecular flexibility index (Phi) is 3.49. The summed E-state index contributed by atoms with van der Waals surface area (Å²) in [6.07, 6.45) is 0. The zero-order chi connectivity index (χ0) is 10.0. The molecule has 0 atom stereocenters. The molecule has 0 aliphatic carbocycles. The van der Waals surface area contributed by atoms with Crippen molar-refractivity contribution in [1.82, 2.24) is 0 Å². The van der Waals surface area contributed by atoms with Gasteiger partial charge in [0, 0.05) is 4.47 Å². The van der Waals surface area contributed by atoms with Crippen LogP contribution in [0.15, 0.2) is 21.1 Å². The second-order valence-electron chi connectivity index (χ2n) is 2.16. The van der Waals surface area contributed by atoms with Crippen LogP contribution in [0.25, 0.3) is 0 Å². The molecule has 0 fully saturated rings. The second-order valence-corrected chi connectivity index (χ2v) is 3.81. The van der Waals surface area contributed by atoms with Crippen molar-refractivity contribution in [2.45, 2.75) is 6.61 Å². The highest BCUT2D eigenvalue weighted by molar-refractivity contribution is 9.13. The van der Waals surface area contributed by atoms with E-state index in [1.54, 1.807) is 6.07 Å². The van der Waals surface area contributed by atoms with Gasteiger partial charge in [-0.3, -0.25) is 0 Å². The van der Waals surface area contributed by atoms with Crippen molar-refractivity contribution < 1.29 is 13.5 Å². The minimum absolute atomic E-state index is 0.0515. The molecular weight excluding hydrogens is 312 g/mol. The number of nitrogen functional groups attached to an aromatic ring is 1. The standard InChI is InChI=1S/C7H5Br2F2NO/c8-3-1-2-4(12)6(5(3)9)13-7(10)11/h1-2,7H,12H2. The SMILES string of the molecule is Nc1ccc(Br)c(Br)c1OC(F)F. The number of hydrogen-bond acceptors (Lipinski definition) is 2. The normalized spacial score (nSPS) is 10.5. The minimum atomic E-state index is -2.88. The van der Waals surface area contributed by atoms with E-state index in [-0.39, 0.29) is 11.4 Å². The Bertz CT molecular complexity index is 320. The maximum absolute atomic E-state index is 11.9. The summed E-state index contributed by atoms with van der Waals surface area (Å²) in [5.41, 5.74) is 5.59. The molecule has 0 aliphatic heterocycles. The van der Waals surface area contributed by atoms with E-state index >= 15 is 0 Å². The molecule has 13 heavy (non-hydrogen) atoms. The molecule has 1 rings (SSSR count). The van der Waals surface area contributed by atoms with Gasteiger partial charge in [0.25, 0.3) is 0 Å². The molecule has 0 aliphatic rings. The second kappa shape index (κ2) is 4.23. The fourth-order valence-electron chi connectivity index (χ4n) is 0.756. The lowest BCUT2D eigenvalue weighted by Crippen LogP contribution is -2.05. The molecule has 0 saturated heterocycles. The van der Waals surface area contributed by atoms with E-state index in [0.29, 0.717) is 8.95 Å². The molecule has 0 saturated carbocycles. The van der Waals surface area contributed by atoms with Crippen LogP contribution in [0.1, 0.15) is 0 Å². The van der Waals surface area contributed by atoms with Crippen molar-refractivity contribution in [3.8, 4) is 5.75 Å². The monoisotopic (exact) mass is 315 g/mol. The summed E-state index contributed by atoms with van der Waals surface area (Å²) in [5, 5.41) is 0. The Balaban J connectivity index is 3.10. The van der Waals surface area contributed by atoms with Crippen LogP contribution in [0.3, 0.4) is 0 Å². The van der Waals surface area contributed by atoms with Gasteiger partial charge in [0.2, 0.25) is 0 Å². The lowest BCUT2D eigenvalue weighted by molar-refractivity contribution is -0.0498. The molecular formula is C7H5Br2F2NO. The van der Waals surface area contributed by atoms with Gasteiger partial charge in [-0.2, -0.15) is 8.78 Å². The van der Waals surface area contributed by atoms with E-state index < -0.39 is 6.61 Å². The van der Waals surface area contributed by atoms with E-state index in [4.69, 9.17) is 5.73 Å². The Morgan fingerprint density at radius 3 is 2.46 bits per heavy atom. The van der Waals surface area contributed by atoms with Gasteiger partial charge in [0.15, 0.2) is 5.75 Å². The molecule has 72 valence electrons. The van der Waals surface area contributed by atoms with Crippen LogP contribution in [-0.2, 0) is 0 Å². The number of ether oxygens (including phenoxy) is 1. The molecule has 0 radical (unpaired) electrons. The number of nitrogens with two attached hydrogens (primary N) is 1. The quantitative estimate of drug-likeness (QED) is 0.849. The summed E-state index contributed by atoms with van der Waals surface area (Å²) >= 11 is 6.22. The van der Waals surface area contributed by atoms with E-state index in [1.165, 1.54) is 6.07 Å². The summed E-state index contributed by atoms with van der Waals surface area (Å²) in [6.45, 7) is -2.88. The van der Waals surface area contributed by atoms with Crippen molar-refractivity contribution in [3.63, 3.8) is 0 Å². The first-order valence-electron chi connectivity index (χ1n) is 3.20.